The third kappa shape index (κ3) is 2.49. The van der Waals surface area contributed by atoms with E-state index in [1.165, 1.54) is 5.57 Å². The third-order valence-electron chi connectivity index (χ3n) is 4.35. The van der Waals surface area contributed by atoms with E-state index in [1.807, 2.05) is 13.8 Å². The van der Waals surface area contributed by atoms with Gasteiger partial charge in [0.25, 0.3) is 0 Å². The van der Waals surface area contributed by atoms with Crippen LogP contribution in [0.3, 0.4) is 0 Å². The van der Waals surface area contributed by atoms with Gasteiger partial charge >= 0.3 is 0 Å². The van der Waals surface area contributed by atoms with Gasteiger partial charge in [0, 0.05) is 0 Å². The highest BCUT2D eigenvalue weighted by Gasteiger charge is 2.51. The Morgan fingerprint density at radius 1 is 1.44 bits per heavy atom. The SMILES string of the molecule is CC1=CCC(C(O)C2CC2C(C)(C)O)CC1. The van der Waals surface area contributed by atoms with Crippen molar-refractivity contribution in [2.75, 3.05) is 0 Å². The van der Waals surface area contributed by atoms with Crippen molar-refractivity contribution in [3.63, 3.8) is 0 Å². The highest BCUT2D eigenvalue weighted by Crippen LogP contribution is 2.51. The average molecular weight is 224 g/mol. The number of allylic oxidation sites excluding steroid dienone is 2. The lowest BCUT2D eigenvalue weighted by atomic mass is 9.83. The molecule has 2 aliphatic rings. The number of aliphatic hydroxyl groups is 2. The van der Waals surface area contributed by atoms with Crippen LogP contribution in [0.1, 0.15) is 46.5 Å². The number of hydrogen-bond acceptors (Lipinski definition) is 2. The van der Waals surface area contributed by atoms with E-state index in [0.29, 0.717) is 17.8 Å². The maximum absolute atomic E-state index is 10.3. The highest BCUT2D eigenvalue weighted by atomic mass is 16.3. The van der Waals surface area contributed by atoms with E-state index in [0.717, 1.165) is 25.7 Å². The summed E-state index contributed by atoms with van der Waals surface area (Å²) in [6, 6.07) is 0. The molecule has 0 amide bonds. The molecule has 0 aromatic carbocycles. The highest BCUT2D eigenvalue weighted by molar-refractivity contribution is 5.07. The first-order valence-corrected chi connectivity index (χ1v) is 6.45. The summed E-state index contributed by atoms with van der Waals surface area (Å²) in [7, 11) is 0. The summed E-state index contributed by atoms with van der Waals surface area (Å²) in [4.78, 5) is 0. The Morgan fingerprint density at radius 3 is 2.56 bits per heavy atom. The molecule has 1 saturated carbocycles. The van der Waals surface area contributed by atoms with Crippen LogP contribution in [0.4, 0.5) is 0 Å². The van der Waals surface area contributed by atoms with Crippen LogP contribution in [-0.4, -0.2) is 21.9 Å². The molecule has 2 nitrogen and oxygen atoms in total. The van der Waals surface area contributed by atoms with Crippen molar-refractivity contribution in [3.05, 3.63) is 11.6 Å². The molecule has 0 aromatic heterocycles. The van der Waals surface area contributed by atoms with Crippen LogP contribution in [0.15, 0.2) is 11.6 Å². The zero-order valence-electron chi connectivity index (χ0n) is 10.6. The summed E-state index contributed by atoms with van der Waals surface area (Å²) in [6.07, 6.45) is 6.30. The van der Waals surface area contributed by atoms with Gasteiger partial charge in [-0.15, -0.1) is 0 Å². The largest absolute Gasteiger partial charge is 0.393 e. The summed E-state index contributed by atoms with van der Waals surface area (Å²) >= 11 is 0. The monoisotopic (exact) mass is 224 g/mol. The molecule has 16 heavy (non-hydrogen) atoms. The minimum absolute atomic E-state index is 0.208. The molecule has 2 heteroatoms. The number of rotatable bonds is 3. The van der Waals surface area contributed by atoms with Crippen LogP contribution in [0.25, 0.3) is 0 Å². The molecule has 0 radical (unpaired) electrons. The molecule has 0 heterocycles. The fourth-order valence-corrected chi connectivity index (χ4v) is 3.05. The molecule has 0 aliphatic heterocycles. The Labute approximate surface area is 98.4 Å². The topological polar surface area (TPSA) is 40.5 Å². The molecular weight excluding hydrogens is 200 g/mol. The summed E-state index contributed by atoms with van der Waals surface area (Å²) in [5.41, 5.74) is 0.838. The van der Waals surface area contributed by atoms with Crippen molar-refractivity contribution < 1.29 is 10.2 Å². The Bertz CT molecular complexity index is 288. The van der Waals surface area contributed by atoms with Crippen LogP contribution in [0.5, 0.6) is 0 Å². The molecule has 2 aliphatic carbocycles. The molecule has 2 rings (SSSR count). The molecule has 4 unspecified atom stereocenters. The minimum Gasteiger partial charge on any atom is -0.393 e. The quantitative estimate of drug-likeness (QED) is 0.723. The van der Waals surface area contributed by atoms with Gasteiger partial charge < -0.3 is 10.2 Å². The molecule has 0 saturated heterocycles. The average Bonchev–Trinajstić information content (AvgIpc) is 2.96. The number of aliphatic hydroxyl groups excluding tert-OH is 1. The first kappa shape index (κ1) is 12.1. The Morgan fingerprint density at radius 2 is 2.12 bits per heavy atom. The standard InChI is InChI=1S/C14H24O2/c1-9-4-6-10(7-5-9)13(15)11-8-12(11)14(2,3)16/h4,10-13,15-16H,5-8H2,1-3H3. The van der Waals surface area contributed by atoms with Crippen molar-refractivity contribution in [2.45, 2.75) is 58.2 Å². The van der Waals surface area contributed by atoms with Gasteiger partial charge in [0.2, 0.25) is 0 Å². The lowest BCUT2D eigenvalue weighted by Gasteiger charge is -2.27. The fourth-order valence-electron chi connectivity index (χ4n) is 3.05. The second kappa shape index (κ2) is 4.15. The van der Waals surface area contributed by atoms with E-state index >= 15 is 0 Å². The van der Waals surface area contributed by atoms with Gasteiger partial charge in [-0.05, 0) is 64.2 Å². The fraction of sp³-hybridized carbons (Fsp3) is 0.857. The molecule has 0 spiro atoms. The van der Waals surface area contributed by atoms with Crippen LogP contribution >= 0.6 is 0 Å². The summed E-state index contributed by atoms with van der Waals surface area (Å²) < 4.78 is 0. The molecular formula is C14H24O2. The van der Waals surface area contributed by atoms with Gasteiger partial charge in [-0.2, -0.15) is 0 Å². The van der Waals surface area contributed by atoms with Crippen molar-refractivity contribution in [1.82, 2.24) is 0 Å². The summed E-state index contributed by atoms with van der Waals surface area (Å²) in [6.45, 7) is 5.88. The van der Waals surface area contributed by atoms with E-state index in [1.54, 1.807) is 0 Å². The summed E-state index contributed by atoms with van der Waals surface area (Å²) in [5.74, 6) is 1.05. The maximum Gasteiger partial charge on any atom is 0.0623 e. The second-order valence-corrected chi connectivity index (χ2v) is 6.24. The predicted octanol–water partition coefficient (Wildman–Crippen LogP) is 2.50. The van der Waals surface area contributed by atoms with Gasteiger partial charge in [0.05, 0.1) is 11.7 Å². The molecule has 2 N–H and O–H groups in total. The van der Waals surface area contributed by atoms with E-state index in [2.05, 4.69) is 13.0 Å². The van der Waals surface area contributed by atoms with Crippen molar-refractivity contribution in [3.8, 4) is 0 Å². The maximum atomic E-state index is 10.3. The van der Waals surface area contributed by atoms with Gasteiger partial charge in [-0.25, -0.2) is 0 Å². The molecule has 1 fully saturated rings. The smallest absolute Gasteiger partial charge is 0.0623 e. The zero-order valence-corrected chi connectivity index (χ0v) is 10.6. The lowest BCUT2D eigenvalue weighted by molar-refractivity contribution is 0.0211. The Hall–Kier alpha value is -0.340. The Kier molecular flexibility index (Phi) is 3.15. The van der Waals surface area contributed by atoms with Gasteiger partial charge in [0.15, 0.2) is 0 Å². The number of hydrogen-bond donors (Lipinski definition) is 2. The van der Waals surface area contributed by atoms with Crippen LogP contribution < -0.4 is 0 Å². The molecule has 4 atom stereocenters. The second-order valence-electron chi connectivity index (χ2n) is 6.24. The van der Waals surface area contributed by atoms with E-state index < -0.39 is 5.60 Å². The van der Waals surface area contributed by atoms with Crippen LogP contribution in [0.2, 0.25) is 0 Å². The van der Waals surface area contributed by atoms with E-state index in [9.17, 15) is 10.2 Å². The molecule has 92 valence electrons. The van der Waals surface area contributed by atoms with E-state index in [-0.39, 0.29) is 6.10 Å². The lowest BCUT2D eigenvalue weighted by Crippen LogP contribution is -2.29. The predicted molar refractivity (Wildman–Crippen MR) is 65.0 cm³/mol. The van der Waals surface area contributed by atoms with Gasteiger partial charge in [-0.3, -0.25) is 0 Å². The van der Waals surface area contributed by atoms with E-state index in [4.69, 9.17) is 0 Å². The molecule has 0 aromatic rings. The Balaban J connectivity index is 1.89. The van der Waals surface area contributed by atoms with Gasteiger partial charge in [0.1, 0.15) is 0 Å². The van der Waals surface area contributed by atoms with Gasteiger partial charge in [-0.1, -0.05) is 11.6 Å². The van der Waals surface area contributed by atoms with Crippen LogP contribution in [-0.2, 0) is 0 Å². The van der Waals surface area contributed by atoms with Crippen LogP contribution in [0, 0.1) is 17.8 Å². The first-order valence-electron chi connectivity index (χ1n) is 6.45. The molecule has 0 bridgehead atoms. The third-order valence-corrected chi connectivity index (χ3v) is 4.35. The normalized spacial score (nSPS) is 36.8. The zero-order chi connectivity index (χ0) is 11.9. The minimum atomic E-state index is -0.619. The summed E-state index contributed by atoms with van der Waals surface area (Å²) in [5, 5.41) is 20.2. The van der Waals surface area contributed by atoms with Crippen molar-refractivity contribution in [1.29, 1.82) is 0 Å². The first-order chi connectivity index (χ1) is 7.39. The van der Waals surface area contributed by atoms with Crippen molar-refractivity contribution in [2.24, 2.45) is 17.8 Å². The van der Waals surface area contributed by atoms with Crippen molar-refractivity contribution >= 4 is 0 Å².